The molecule has 1 aliphatic carbocycles. The van der Waals surface area contributed by atoms with Crippen LogP contribution < -0.4 is 0 Å². The zero-order chi connectivity index (χ0) is 16.4. The van der Waals surface area contributed by atoms with Crippen LogP contribution in [-0.4, -0.2) is 42.4 Å². The van der Waals surface area contributed by atoms with Gasteiger partial charge in [-0.3, -0.25) is 4.90 Å². The van der Waals surface area contributed by atoms with Crippen LogP contribution in [0, 0.1) is 0 Å². The first-order chi connectivity index (χ1) is 11.1. The maximum absolute atomic E-state index is 10.3. The summed E-state index contributed by atoms with van der Waals surface area (Å²) in [5.74, 6) is 0. The molecule has 3 rings (SSSR count). The van der Waals surface area contributed by atoms with Gasteiger partial charge in [-0.1, -0.05) is 48.5 Å². The zero-order valence-corrected chi connectivity index (χ0v) is 14.1. The molecule has 1 unspecified atom stereocenters. The molecule has 2 aromatic carbocycles. The highest BCUT2D eigenvalue weighted by Gasteiger charge is 2.31. The largest absolute Gasteiger partial charge is 0.389 e. The number of hydrogen-bond acceptors (Lipinski definition) is 3. The minimum absolute atomic E-state index is 0.142. The number of hydrogen-bond donors (Lipinski definition) is 1. The van der Waals surface area contributed by atoms with Crippen LogP contribution in [0.1, 0.15) is 31.0 Å². The van der Waals surface area contributed by atoms with Crippen molar-refractivity contribution in [3.63, 3.8) is 0 Å². The summed E-state index contributed by atoms with van der Waals surface area (Å²) < 4.78 is 5.53. The second kappa shape index (κ2) is 6.83. The Hall–Kier alpha value is -1.68. The molecule has 1 N–H and O–H groups in total. The molecule has 0 heterocycles. The molecule has 0 spiro atoms. The van der Waals surface area contributed by atoms with E-state index in [1.165, 1.54) is 22.3 Å². The summed E-state index contributed by atoms with van der Waals surface area (Å²) in [5.41, 5.74) is 5.22. The fourth-order valence-corrected chi connectivity index (χ4v) is 3.40. The summed E-state index contributed by atoms with van der Waals surface area (Å²) in [7, 11) is 2.07. The van der Waals surface area contributed by atoms with Gasteiger partial charge >= 0.3 is 0 Å². The van der Waals surface area contributed by atoms with Crippen LogP contribution in [0.3, 0.4) is 0 Å². The molecule has 122 valence electrons. The monoisotopic (exact) mass is 311 g/mol. The van der Waals surface area contributed by atoms with Crippen molar-refractivity contribution < 1.29 is 9.84 Å². The zero-order valence-electron chi connectivity index (χ0n) is 14.1. The molecule has 0 amide bonds. The van der Waals surface area contributed by atoms with Gasteiger partial charge in [-0.25, -0.2) is 0 Å². The van der Waals surface area contributed by atoms with Crippen molar-refractivity contribution in [3.05, 3.63) is 59.7 Å². The fourth-order valence-electron chi connectivity index (χ4n) is 3.40. The second-order valence-electron chi connectivity index (χ2n) is 6.55. The van der Waals surface area contributed by atoms with E-state index < -0.39 is 6.10 Å². The van der Waals surface area contributed by atoms with Crippen LogP contribution in [0.15, 0.2) is 48.5 Å². The molecule has 2 aromatic rings. The first-order valence-corrected chi connectivity index (χ1v) is 8.26. The van der Waals surface area contributed by atoms with Crippen molar-refractivity contribution in [1.29, 1.82) is 0 Å². The van der Waals surface area contributed by atoms with Gasteiger partial charge in [0.15, 0.2) is 0 Å². The molecule has 0 aliphatic heterocycles. The molecule has 0 saturated heterocycles. The molecule has 0 fully saturated rings. The fraction of sp³-hybridized carbons (Fsp3) is 0.400. The van der Waals surface area contributed by atoms with Crippen LogP contribution in [0.2, 0.25) is 0 Å². The SMILES string of the molecule is CC(C)OCC(O)CN(C)C1c2ccccc2-c2ccccc21. The van der Waals surface area contributed by atoms with E-state index in [1.807, 2.05) is 13.8 Å². The minimum atomic E-state index is -0.484. The van der Waals surface area contributed by atoms with Crippen molar-refractivity contribution in [2.24, 2.45) is 0 Å². The first-order valence-electron chi connectivity index (χ1n) is 8.26. The molecule has 1 atom stereocenters. The predicted octanol–water partition coefficient (Wildman–Crippen LogP) is 3.47. The highest BCUT2D eigenvalue weighted by atomic mass is 16.5. The van der Waals surface area contributed by atoms with Gasteiger partial charge in [0.05, 0.1) is 24.9 Å². The minimum Gasteiger partial charge on any atom is -0.389 e. The van der Waals surface area contributed by atoms with E-state index in [0.29, 0.717) is 13.2 Å². The molecule has 0 saturated carbocycles. The Morgan fingerprint density at radius 3 is 2.04 bits per heavy atom. The number of aliphatic hydroxyl groups excluding tert-OH is 1. The highest BCUT2D eigenvalue weighted by molar-refractivity contribution is 5.78. The molecule has 3 heteroatoms. The van der Waals surface area contributed by atoms with Gasteiger partial charge < -0.3 is 9.84 Å². The third-order valence-electron chi connectivity index (χ3n) is 4.36. The summed E-state index contributed by atoms with van der Waals surface area (Å²) in [4.78, 5) is 2.22. The van der Waals surface area contributed by atoms with E-state index in [-0.39, 0.29) is 12.1 Å². The van der Waals surface area contributed by atoms with E-state index >= 15 is 0 Å². The van der Waals surface area contributed by atoms with Gasteiger partial charge in [0, 0.05) is 6.54 Å². The van der Waals surface area contributed by atoms with Crippen LogP contribution in [0.5, 0.6) is 0 Å². The quantitative estimate of drug-likeness (QED) is 0.886. The Balaban J connectivity index is 1.82. The van der Waals surface area contributed by atoms with Gasteiger partial charge in [-0.05, 0) is 43.1 Å². The number of fused-ring (bicyclic) bond motifs is 3. The topological polar surface area (TPSA) is 32.7 Å². The molecule has 0 bridgehead atoms. The van der Waals surface area contributed by atoms with Crippen molar-refractivity contribution in [1.82, 2.24) is 4.90 Å². The maximum Gasteiger partial charge on any atom is 0.0900 e. The Bertz CT molecular complexity index is 623. The van der Waals surface area contributed by atoms with E-state index in [0.717, 1.165) is 0 Å². The molecule has 3 nitrogen and oxygen atoms in total. The van der Waals surface area contributed by atoms with Gasteiger partial charge in [-0.2, -0.15) is 0 Å². The highest BCUT2D eigenvalue weighted by Crippen LogP contribution is 2.45. The lowest BCUT2D eigenvalue weighted by molar-refractivity contribution is -0.00839. The van der Waals surface area contributed by atoms with E-state index in [1.54, 1.807) is 0 Å². The van der Waals surface area contributed by atoms with Gasteiger partial charge in [-0.15, -0.1) is 0 Å². The Morgan fingerprint density at radius 2 is 1.52 bits per heavy atom. The number of benzene rings is 2. The van der Waals surface area contributed by atoms with Gasteiger partial charge in [0.2, 0.25) is 0 Å². The van der Waals surface area contributed by atoms with Crippen LogP contribution >= 0.6 is 0 Å². The third-order valence-corrected chi connectivity index (χ3v) is 4.36. The van der Waals surface area contributed by atoms with Gasteiger partial charge in [0.1, 0.15) is 0 Å². The van der Waals surface area contributed by atoms with Crippen molar-refractivity contribution in [3.8, 4) is 11.1 Å². The van der Waals surface area contributed by atoms with Crippen LogP contribution in [0.4, 0.5) is 0 Å². The lowest BCUT2D eigenvalue weighted by atomic mass is 10.0. The molecule has 23 heavy (non-hydrogen) atoms. The average Bonchev–Trinajstić information content (AvgIpc) is 2.87. The Labute approximate surface area is 138 Å². The average molecular weight is 311 g/mol. The Morgan fingerprint density at radius 1 is 1.00 bits per heavy atom. The molecular weight excluding hydrogens is 286 g/mol. The number of likely N-dealkylation sites (N-methyl/N-ethyl adjacent to an activating group) is 1. The number of ether oxygens (including phenoxy) is 1. The second-order valence-corrected chi connectivity index (χ2v) is 6.55. The molecule has 0 aromatic heterocycles. The summed E-state index contributed by atoms with van der Waals surface area (Å²) >= 11 is 0. The maximum atomic E-state index is 10.3. The number of rotatable bonds is 6. The number of aliphatic hydroxyl groups is 1. The van der Waals surface area contributed by atoms with Crippen molar-refractivity contribution >= 4 is 0 Å². The van der Waals surface area contributed by atoms with Crippen molar-refractivity contribution in [2.45, 2.75) is 32.1 Å². The summed E-state index contributed by atoms with van der Waals surface area (Å²) in [6.07, 6.45) is -0.342. The predicted molar refractivity (Wildman–Crippen MR) is 93.4 cm³/mol. The Kier molecular flexibility index (Phi) is 4.81. The van der Waals surface area contributed by atoms with E-state index in [9.17, 15) is 5.11 Å². The van der Waals surface area contributed by atoms with Crippen LogP contribution in [0.25, 0.3) is 11.1 Å². The molecule has 0 radical (unpaired) electrons. The summed E-state index contributed by atoms with van der Waals surface area (Å²) in [5, 5.41) is 10.3. The van der Waals surface area contributed by atoms with Crippen LogP contribution in [-0.2, 0) is 4.74 Å². The molecule has 1 aliphatic rings. The standard InChI is InChI=1S/C20H25NO2/c1-14(2)23-13-15(22)12-21(3)20-18-10-6-4-8-16(18)17-9-5-7-11-19(17)20/h4-11,14-15,20,22H,12-13H2,1-3H3. The third kappa shape index (κ3) is 3.32. The van der Waals surface area contributed by atoms with E-state index in [2.05, 4.69) is 60.5 Å². The lowest BCUT2D eigenvalue weighted by Crippen LogP contribution is -2.35. The van der Waals surface area contributed by atoms with Gasteiger partial charge in [0.25, 0.3) is 0 Å². The number of nitrogens with zero attached hydrogens (tertiary/aromatic N) is 1. The molecular formula is C20H25NO2. The lowest BCUT2D eigenvalue weighted by Gasteiger charge is -2.28. The first kappa shape index (κ1) is 16.2. The summed E-state index contributed by atoms with van der Waals surface area (Å²) in [6, 6.07) is 17.3. The van der Waals surface area contributed by atoms with Crippen molar-refractivity contribution in [2.75, 3.05) is 20.2 Å². The summed E-state index contributed by atoms with van der Waals surface area (Å²) in [6.45, 7) is 4.93. The normalized spacial score (nSPS) is 15.0. The van der Waals surface area contributed by atoms with E-state index in [4.69, 9.17) is 4.74 Å². The smallest absolute Gasteiger partial charge is 0.0900 e.